The molecule has 0 aromatic heterocycles. The Morgan fingerprint density at radius 1 is 1.36 bits per heavy atom. The summed E-state index contributed by atoms with van der Waals surface area (Å²) in [7, 11) is 0. The Morgan fingerprint density at radius 2 is 2.00 bits per heavy atom. The third kappa shape index (κ3) is 2.96. The lowest BCUT2D eigenvalue weighted by atomic mass is 9.96. The zero-order valence-electron chi connectivity index (χ0n) is 8.57. The summed E-state index contributed by atoms with van der Waals surface area (Å²) in [5.74, 6) is 0.274. The summed E-state index contributed by atoms with van der Waals surface area (Å²) >= 11 is 0. The topological polar surface area (TPSA) is 43.1 Å². The first-order valence-corrected chi connectivity index (χ1v) is 5.04. The van der Waals surface area contributed by atoms with Crippen LogP contribution in [-0.2, 0) is 11.2 Å². The highest BCUT2D eigenvalue weighted by atomic mass is 16.1. The number of nitrogens with two attached hydrogens (primary N) is 1. The standard InChI is InChI=1S/C12H17NO/c1-2-11(9-13)12(14)8-10-6-4-3-5-7-10/h3-7,11H,2,8-9,13H2,1H3. The summed E-state index contributed by atoms with van der Waals surface area (Å²) in [6, 6.07) is 9.80. The van der Waals surface area contributed by atoms with Gasteiger partial charge in [0.1, 0.15) is 5.78 Å². The van der Waals surface area contributed by atoms with Crippen molar-refractivity contribution in [1.82, 2.24) is 0 Å². The van der Waals surface area contributed by atoms with E-state index in [0.29, 0.717) is 13.0 Å². The summed E-state index contributed by atoms with van der Waals surface area (Å²) in [6.45, 7) is 2.46. The van der Waals surface area contributed by atoms with E-state index in [-0.39, 0.29) is 11.7 Å². The van der Waals surface area contributed by atoms with Gasteiger partial charge in [0.2, 0.25) is 0 Å². The molecular formula is C12H17NO. The van der Waals surface area contributed by atoms with E-state index in [9.17, 15) is 4.79 Å². The fraction of sp³-hybridized carbons (Fsp3) is 0.417. The first-order valence-electron chi connectivity index (χ1n) is 5.04. The largest absolute Gasteiger partial charge is 0.330 e. The van der Waals surface area contributed by atoms with E-state index >= 15 is 0 Å². The van der Waals surface area contributed by atoms with Gasteiger partial charge in [-0.1, -0.05) is 37.3 Å². The maximum atomic E-state index is 11.7. The maximum absolute atomic E-state index is 11.7. The van der Waals surface area contributed by atoms with Crippen molar-refractivity contribution in [2.45, 2.75) is 19.8 Å². The lowest BCUT2D eigenvalue weighted by molar-refractivity contribution is -0.122. The molecule has 1 unspecified atom stereocenters. The van der Waals surface area contributed by atoms with Gasteiger partial charge < -0.3 is 5.73 Å². The Balaban J connectivity index is 2.57. The van der Waals surface area contributed by atoms with Gasteiger partial charge in [0, 0.05) is 18.9 Å². The predicted molar refractivity (Wildman–Crippen MR) is 58.0 cm³/mol. The number of hydrogen-bond acceptors (Lipinski definition) is 2. The summed E-state index contributed by atoms with van der Waals surface area (Å²) in [6.07, 6.45) is 1.35. The quantitative estimate of drug-likeness (QED) is 0.771. The first-order chi connectivity index (χ1) is 6.77. The molecule has 1 rings (SSSR count). The van der Waals surface area contributed by atoms with Crippen LogP contribution < -0.4 is 5.73 Å². The molecule has 0 fully saturated rings. The van der Waals surface area contributed by atoms with Crippen molar-refractivity contribution in [2.24, 2.45) is 11.7 Å². The number of carbonyl (C=O) groups excluding carboxylic acids is 1. The third-order valence-corrected chi connectivity index (χ3v) is 2.45. The Morgan fingerprint density at radius 3 is 2.50 bits per heavy atom. The molecule has 76 valence electrons. The summed E-state index contributed by atoms with van der Waals surface area (Å²) in [5, 5.41) is 0. The van der Waals surface area contributed by atoms with Crippen LogP contribution in [0.3, 0.4) is 0 Å². The van der Waals surface area contributed by atoms with Crippen molar-refractivity contribution < 1.29 is 4.79 Å². The van der Waals surface area contributed by atoms with Gasteiger partial charge in [-0.25, -0.2) is 0 Å². The zero-order chi connectivity index (χ0) is 10.4. The molecule has 14 heavy (non-hydrogen) atoms. The molecule has 0 amide bonds. The zero-order valence-corrected chi connectivity index (χ0v) is 8.57. The second kappa shape index (κ2) is 5.55. The lowest BCUT2D eigenvalue weighted by Gasteiger charge is -2.10. The minimum Gasteiger partial charge on any atom is -0.330 e. The molecular weight excluding hydrogens is 174 g/mol. The van der Waals surface area contributed by atoms with E-state index in [1.807, 2.05) is 37.3 Å². The summed E-state index contributed by atoms with van der Waals surface area (Å²) in [4.78, 5) is 11.7. The number of rotatable bonds is 5. The number of hydrogen-bond donors (Lipinski definition) is 1. The summed E-state index contributed by atoms with van der Waals surface area (Å²) in [5.41, 5.74) is 6.59. The predicted octanol–water partition coefficient (Wildman–Crippen LogP) is 1.78. The molecule has 0 radical (unpaired) electrons. The summed E-state index contributed by atoms with van der Waals surface area (Å²) < 4.78 is 0. The van der Waals surface area contributed by atoms with Crippen LogP contribution in [0.1, 0.15) is 18.9 Å². The van der Waals surface area contributed by atoms with Crippen LogP contribution in [-0.4, -0.2) is 12.3 Å². The van der Waals surface area contributed by atoms with Crippen molar-refractivity contribution in [2.75, 3.05) is 6.54 Å². The van der Waals surface area contributed by atoms with Gasteiger partial charge in [-0.3, -0.25) is 4.79 Å². The first kappa shape index (κ1) is 10.9. The fourth-order valence-electron chi connectivity index (χ4n) is 1.47. The van der Waals surface area contributed by atoms with E-state index in [1.54, 1.807) is 0 Å². The van der Waals surface area contributed by atoms with E-state index in [2.05, 4.69) is 0 Å². The molecule has 0 spiro atoms. The fourth-order valence-corrected chi connectivity index (χ4v) is 1.47. The van der Waals surface area contributed by atoms with Gasteiger partial charge in [-0.15, -0.1) is 0 Å². The number of carbonyl (C=O) groups is 1. The van der Waals surface area contributed by atoms with Crippen LogP contribution in [0.5, 0.6) is 0 Å². The molecule has 0 saturated heterocycles. The molecule has 1 aromatic rings. The highest BCUT2D eigenvalue weighted by Gasteiger charge is 2.14. The Hall–Kier alpha value is -1.15. The molecule has 0 aliphatic rings. The molecule has 1 atom stereocenters. The number of ketones is 1. The van der Waals surface area contributed by atoms with Gasteiger partial charge in [-0.2, -0.15) is 0 Å². The van der Waals surface area contributed by atoms with Crippen LogP contribution in [0.25, 0.3) is 0 Å². The average molecular weight is 191 g/mol. The molecule has 2 N–H and O–H groups in total. The Bertz CT molecular complexity index is 278. The maximum Gasteiger partial charge on any atom is 0.141 e. The van der Waals surface area contributed by atoms with E-state index in [0.717, 1.165) is 12.0 Å². The molecule has 0 saturated carbocycles. The van der Waals surface area contributed by atoms with Gasteiger partial charge in [0.15, 0.2) is 0 Å². The molecule has 0 aliphatic carbocycles. The van der Waals surface area contributed by atoms with Gasteiger partial charge in [0.25, 0.3) is 0 Å². The van der Waals surface area contributed by atoms with Crippen LogP contribution in [0, 0.1) is 5.92 Å². The van der Waals surface area contributed by atoms with Gasteiger partial charge in [0.05, 0.1) is 0 Å². The van der Waals surface area contributed by atoms with Crippen LogP contribution >= 0.6 is 0 Å². The molecule has 2 heteroatoms. The number of Topliss-reactive ketones (excluding diaryl/α,β-unsaturated/α-hetero) is 1. The number of benzene rings is 1. The van der Waals surface area contributed by atoms with Crippen molar-refractivity contribution >= 4 is 5.78 Å². The highest BCUT2D eigenvalue weighted by molar-refractivity contribution is 5.83. The molecule has 0 aliphatic heterocycles. The van der Waals surface area contributed by atoms with Crippen LogP contribution in [0.4, 0.5) is 0 Å². The average Bonchev–Trinajstić information content (AvgIpc) is 2.21. The third-order valence-electron chi connectivity index (χ3n) is 2.45. The second-order valence-corrected chi connectivity index (χ2v) is 3.47. The Labute approximate surface area is 85.1 Å². The van der Waals surface area contributed by atoms with Gasteiger partial charge in [-0.05, 0) is 12.0 Å². The minimum atomic E-state index is 0.0233. The van der Waals surface area contributed by atoms with Gasteiger partial charge >= 0.3 is 0 Å². The van der Waals surface area contributed by atoms with Crippen molar-refractivity contribution in [3.63, 3.8) is 0 Å². The molecule has 0 heterocycles. The van der Waals surface area contributed by atoms with Crippen molar-refractivity contribution in [3.8, 4) is 0 Å². The molecule has 2 nitrogen and oxygen atoms in total. The Kier molecular flexibility index (Phi) is 4.33. The SMILES string of the molecule is CCC(CN)C(=O)Cc1ccccc1. The molecule has 1 aromatic carbocycles. The normalized spacial score (nSPS) is 12.4. The van der Waals surface area contributed by atoms with Crippen molar-refractivity contribution in [1.29, 1.82) is 0 Å². The van der Waals surface area contributed by atoms with E-state index in [1.165, 1.54) is 0 Å². The lowest BCUT2D eigenvalue weighted by Crippen LogP contribution is -2.24. The smallest absolute Gasteiger partial charge is 0.141 e. The minimum absolute atomic E-state index is 0.0233. The van der Waals surface area contributed by atoms with Crippen molar-refractivity contribution in [3.05, 3.63) is 35.9 Å². The van der Waals surface area contributed by atoms with Crippen LogP contribution in [0.2, 0.25) is 0 Å². The van der Waals surface area contributed by atoms with E-state index < -0.39 is 0 Å². The molecule has 0 bridgehead atoms. The second-order valence-electron chi connectivity index (χ2n) is 3.47. The van der Waals surface area contributed by atoms with E-state index in [4.69, 9.17) is 5.73 Å². The highest BCUT2D eigenvalue weighted by Crippen LogP contribution is 2.08. The monoisotopic (exact) mass is 191 g/mol. The van der Waals surface area contributed by atoms with Crippen LogP contribution in [0.15, 0.2) is 30.3 Å².